The first-order valence-electron chi connectivity index (χ1n) is 7.78. The van der Waals surface area contributed by atoms with Crippen molar-refractivity contribution in [2.45, 2.75) is 58.7 Å². The third-order valence-corrected chi connectivity index (χ3v) is 3.85. The van der Waals surface area contributed by atoms with Crippen molar-refractivity contribution < 1.29 is 19.1 Å². The van der Waals surface area contributed by atoms with Gasteiger partial charge in [-0.15, -0.1) is 0 Å². The van der Waals surface area contributed by atoms with Crippen LogP contribution in [0, 0.1) is 5.41 Å². The first-order valence-corrected chi connectivity index (χ1v) is 7.78. The monoisotopic (exact) mass is 304 g/mol. The van der Waals surface area contributed by atoms with Crippen molar-refractivity contribution in [1.29, 1.82) is 0 Å². The minimum Gasteiger partial charge on any atom is -0.460 e. The predicted molar refractivity (Wildman–Crippen MR) is 83.0 cm³/mol. The van der Waals surface area contributed by atoms with Crippen LogP contribution in [0.25, 0.3) is 0 Å². The Bertz CT molecular complexity index is 522. The molecule has 0 heterocycles. The van der Waals surface area contributed by atoms with Crippen molar-refractivity contribution in [3.8, 4) is 0 Å². The lowest BCUT2D eigenvalue weighted by molar-refractivity contribution is -0.180. The maximum atomic E-state index is 12.5. The van der Waals surface area contributed by atoms with Gasteiger partial charge in [-0.3, -0.25) is 9.59 Å². The summed E-state index contributed by atoms with van der Waals surface area (Å²) in [5, 5.41) is 0. The van der Waals surface area contributed by atoms with Gasteiger partial charge in [0.25, 0.3) is 0 Å². The van der Waals surface area contributed by atoms with Gasteiger partial charge in [-0.25, -0.2) is 0 Å². The summed E-state index contributed by atoms with van der Waals surface area (Å²) in [5.41, 5.74) is -0.817. The molecule has 0 amide bonds. The Labute approximate surface area is 131 Å². The second-order valence-corrected chi connectivity index (χ2v) is 6.85. The summed E-state index contributed by atoms with van der Waals surface area (Å²) in [6, 6.07) is 9.47. The van der Waals surface area contributed by atoms with Crippen LogP contribution < -0.4 is 0 Å². The molecule has 1 aliphatic carbocycles. The molecule has 0 N–H and O–H groups in total. The van der Waals surface area contributed by atoms with Crippen LogP contribution >= 0.6 is 0 Å². The van der Waals surface area contributed by atoms with E-state index in [-0.39, 0.29) is 6.61 Å². The molecule has 22 heavy (non-hydrogen) atoms. The molecule has 2 rings (SSSR count). The van der Waals surface area contributed by atoms with Crippen LogP contribution in [0.5, 0.6) is 0 Å². The third-order valence-electron chi connectivity index (χ3n) is 3.85. The molecule has 0 saturated heterocycles. The summed E-state index contributed by atoms with van der Waals surface area (Å²) in [4.78, 5) is 25.1. The number of benzene rings is 1. The molecule has 1 saturated carbocycles. The Morgan fingerprint density at radius 1 is 1.05 bits per heavy atom. The Hall–Kier alpha value is -1.84. The number of ether oxygens (including phenoxy) is 2. The summed E-state index contributed by atoms with van der Waals surface area (Å²) in [5.74, 6) is -0.904. The van der Waals surface area contributed by atoms with E-state index in [4.69, 9.17) is 9.47 Å². The van der Waals surface area contributed by atoms with Crippen LogP contribution in [-0.2, 0) is 25.7 Å². The second kappa shape index (κ2) is 6.51. The molecule has 1 aromatic rings. The zero-order chi connectivity index (χ0) is 16.2. The van der Waals surface area contributed by atoms with Crippen LogP contribution in [-0.4, -0.2) is 17.5 Å². The molecule has 0 spiro atoms. The van der Waals surface area contributed by atoms with Gasteiger partial charge >= 0.3 is 11.9 Å². The summed E-state index contributed by atoms with van der Waals surface area (Å²) in [6.45, 7) is 5.61. The maximum absolute atomic E-state index is 12.5. The first-order chi connectivity index (χ1) is 10.3. The molecule has 1 fully saturated rings. The Balaban J connectivity index is 2.06. The highest BCUT2D eigenvalue weighted by molar-refractivity contribution is 6.00. The van der Waals surface area contributed by atoms with Gasteiger partial charge in [0.2, 0.25) is 0 Å². The van der Waals surface area contributed by atoms with Crippen LogP contribution in [0.3, 0.4) is 0 Å². The maximum Gasteiger partial charge on any atom is 0.324 e. The highest BCUT2D eigenvalue weighted by Gasteiger charge is 2.51. The quantitative estimate of drug-likeness (QED) is 0.629. The molecule has 0 atom stereocenters. The molecule has 0 aromatic heterocycles. The predicted octanol–water partition coefficient (Wildman–Crippen LogP) is 3.63. The number of hydrogen-bond donors (Lipinski definition) is 0. The molecular weight excluding hydrogens is 280 g/mol. The first kappa shape index (κ1) is 16.5. The van der Waals surface area contributed by atoms with E-state index in [1.807, 2.05) is 51.1 Å². The van der Waals surface area contributed by atoms with Gasteiger partial charge in [0.05, 0.1) is 0 Å². The number of rotatable bonds is 4. The van der Waals surface area contributed by atoms with Gasteiger partial charge < -0.3 is 9.47 Å². The third kappa shape index (κ3) is 3.87. The molecule has 0 aliphatic heterocycles. The molecular formula is C18H24O4. The summed E-state index contributed by atoms with van der Waals surface area (Å²) in [7, 11) is 0. The van der Waals surface area contributed by atoms with E-state index in [0.29, 0.717) is 12.8 Å². The Morgan fingerprint density at radius 3 is 2.18 bits per heavy atom. The molecule has 0 radical (unpaired) electrons. The minimum absolute atomic E-state index is 0.185. The summed E-state index contributed by atoms with van der Waals surface area (Å²) < 4.78 is 10.9. The van der Waals surface area contributed by atoms with Gasteiger partial charge in [-0.05, 0) is 39.2 Å². The largest absolute Gasteiger partial charge is 0.460 e. The average molecular weight is 304 g/mol. The highest BCUT2D eigenvalue weighted by atomic mass is 16.6. The van der Waals surface area contributed by atoms with E-state index in [9.17, 15) is 9.59 Å². The fourth-order valence-corrected chi connectivity index (χ4v) is 2.71. The number of carbonyl (C=O) groups excluding carboxylic acids is 2. The van der Waals surface area contributed by atoms with Crippen molar-refractivity contribution in [2.24, 2.45) is 5.41 Å². The van der Waals surface area contributed by atoms with E-state index < -0.39 is 23.0 Å². The standard InChI is InChI=1S/C18H24O4/c1-17(2,3)22-16(20)18(11-7-8-12-18)15(19)21-13-14-9-5-4-6-10-14/h4-6,9-10H,7-8,11-13H2,1-3H3. The lowest BCUT2D eigenvalue weighted by Gasteiger charge is -2.29. The van der Waals surface area contributed by atoms with Gasteiger partial charge in [0, 0.05) is 0 Å². The number of esters is 2. The van der Waals surface area contributed by atoms with Crippen LogP contribution in [0.4, 0.5) is 0 Å². The van der Waals surface area contributed by atoms with Crippen molar-refractivity contribution in [2.75, 3.05) is 0 Å². The molecule has 0 unspecified atom stereocenters. The number of hydrogen-bond acceptors (Lipinski definition) is 4. The van der Waals surface area contributed by atoms with Gasteiger partial charge in [-0.2, -0.15) is 0 Å². The topological polar surface area (TPSA) is 52.6 Å². The van der Waals surface area contributed by atoms with Crippen LogP contribution in [0.1, 0.15) is 52.0 Å². The van der Waals surface area contributed by atoms with Crippen molar-refractivity contribution in [3.05, 3.63) is 35.9 Å². The molecule has 4 heteroatoms. The smallest absolute Gasteiger partial charge is 0.324 e. The zero-order valence-corrected chi connectivity index (χ0v) is 13.6. The molecule has 120 valence electrons. The van der Waals surface area contributed by atoms with E-state index in [2.05, 4.69) is 0 Å². The van der Waals surface area contributed by atoms with Gasteiger partial charge in [-0.1, -0.05) is 43.2 Å². The van der Waals surface area contributed by atoms with E-state index in [1.165, 1.54) is 0 Å². The van der Waals surface area contributed by atoms with E-state index >= 15 is 0 Å². The van der Waals surface area contributed by atoms with Crippen molar-refractivity contribution in [1.82, 2.24) is 0 Å². The SMILES string of the molecule is CC(C)(C)OC(=O)C1(C(=O)OCc2ccccc2)CCCC1. The summed E-state index contributed by atoms with van der Waals surface area (Å²) >= 11 is 0. The normalized spacial score (nSPS) is 17.0. The Morgan fingerprint density at radius 2 is 1.64 bits per heavy atom. The summed E-state index contributed by atoms with van der Waals surface area (Å²) in [6.07, 6.45) is 2.71. The lowest BCUT2D eigenvalue weighted by Crippen LogP contribution is -2.42. The second-order valence-electron chi connectivity index (χ2n) is 6.85. The fourth-order valence-electron chi connectivity index (χ4n) is 2.71. The number of carbonyl (C=O) groups is 2. The fraction of sp³-hybridized carbons (Fsp3) is 0.556. The molecule has 1 aliphatic rings. The van der Waals surface area contributed by atoms with E-state index in [1.54, 1.807) is 0 Å². The molecule has 0 bridgehead atoms. The van der Waals surface area contributed by atoms with Crippen LogP contribution in [0.2, 0.25) is 0 Å². The highest BCUT2D eigenvalue weighted by Crippen LogP contribution is 2.41. The lowest BCUT2D eigenvalue weighted by atomic mass is 9.86. The molecule has 1 aromatic carbocycles. The minimum atomic E-state index is -1.12. The van der Waals surface area contributed by atoms with E-state index in [0.717, 1.165) is 18.4 Å². The van der Waals surface area contributed by atoms with Gasteiger partial charge in [0.15, 0.2) is 5.41 Å². The Kier molecular flexibility index (Phi) is 4.89. The molecule has 4 nitrogen and oxygen atoms in total. The van der Waals surface area contributed by atoms with Crippen LogP contribution in [0.15, 0.2) is 30.3 Å². The van der Waals surface area contributed by atoms with Gasteiger partial charge in [0.1, 0.15) is 12.2 Å². The average Bonchev–Trinajstić information content (AvgIpc) is 2.95. The van der Waals surface area contributed by atoms with Crippen molar-refractivity contribution >= 4 is 11.9 Å². The van der Waals surface area contributed by atoms with Crippen molar-refractivity contribution in [3.63, 3.8) is 0 Å². The zero-order valence-electron chi connectivity index (χ0n) is 13.6.